The van der Waals surface area contributed by atoms with Crippen LogP contribution in [-0.2, 0) is 5.41 Å². The first-order valence-electron chi connectivity index (χ1n) is 14.3. The first-order valence-corrected chi connectivity index (χ1v) is 14.3. The molecule has 4 aromatic rings. The van der Waals surface area contributed by atoms with E-state index in [9.17, 15) is 0 Å². The first-order chi connectivity index (χ1) is 17.7. The fourth-order valence-corrected chi connectivity index (χ4v) is 6.37. The minimum Gasteiger partial charge on any atom is -0.248 e. The van der Waals surface area contributed by atoms with E-state index in [1.165, 1.54) is 91.8 Å². The molecule has 1 aliphatic carbocycles. The van der Waals surface area contributed by atoms with Crippen molar-refractivity contribution >= 4 is 10.9 Å². The molecule has 0 aliphatic heterocycles. The van der Waals surface area contributed by atoms with Crippen molar-refractivity contribution in [3.63, 3.8) is 0 Å². The monoisotopic (exact) mass is 475 g/mol. The van der Waals surface area contributed by atoms with E-state index < -0.39 is 0 Å². The van der Waals surface area contributed by atoms with Crippen LogP contribution in [0.25, 0.3) is 33.3 Å². The van der Waals surface area contributed by atoms with E-state index in [1.54, 1.807) is 11.1 Å². The molecule has 0 fully saturated rings. The molecule has 0 N–H and O–H groups in total. The third-order valence-corrected chi connectivity index (χ3v) is 8.32. The summed E-state index contributed by atoms with van der Waals surface area (Å²) in [6, 6.07) is 27.2. The second-order valence-electron chi connectivity index (χ2n) is 10.9. The lowest BCUT2D eigenvalue weighted by atomic mass is 9.70. The zero-order chi connectivity index (χ0) is 25.0. The minimum absolute atomic E-state index is 0.116. The molecule has 1 nitrogen and oxygen atoms in total. The van der Waals surface area contributed by atoms with Crippen molar-refractivity contribution in [1.82, 2.24) is 4.98 Å². The Morgan fingerprint density at radius 2 is 1.31 bits per heavy atom. The van der Waals surface area contributed by atoms with Crippen molar-refractivity contribution in [2.45, 2.75) is 90.4 Å². The molecule has 1 heteroatoms. The lowest BCUT2D eigenvalue weighted by Gasteiger charge is -2.33. The van der Waals surface area contributed by atoms with Crippen molar-refractivity contribution in [2.75, 3.05) is 0 Å². The van der Waals surface area contributed by atoms with Crippen molar-refractivity contribution < 1.29 is 0 Å². The van der Waals surface area contributed by atoms with E-state index in [0.29, 0.717) is 0 Å². The highest BCUT2D eigenvalue weighted by Gasteiger charge is 2.42. The molecule has 1 aliphatic rings. The Bertz CT molecular complexity index is 1320. The standard InChI is InChI=1S/C35H41N/c1-4-6-8-12-22-35(23-13-9-7-5-2)31-24-26(3)16-19-29(31)30-20-17-28(25-32(30)35)34-21-18-27-14-10-11-15-33(27)36-34/h10-11,14-21,24-25H,4-9,12-13,22-23H2,1-3H3. The Balaban J connectivity index is 1.61. The second-order valence-corrected chi connectivity index (χ2v) is 10.9. The van der Waals surface area contributed by atoms with Crippen molar-refractivity contribution in [3.8, 4) is 22.4 Å². The number of aryl methyl sites for hydroxylation is 1. The average Bonchev–Trinajstić information content (AvgIpc) is 3.17. The quantitative estimate of drug-likeness (QED) is 0.197. The lowest BCUT2D eigenvalue weighted by molar-refractivity contribution is 0.401. The van der Waals surface area contributed by atoms with Gasteiger partial charge in [0.1, 0.15) is 0 Å². The van der Waals surface area contributed by atoms with Crippen molar-refractivity contribution in [1.29, 1.82) is 0 Å². The Morgan fingerprint density at radius 3 is 2.03 bits per heavy atom. The van der Waals surface area contributed by atoms with Gasteiger partial charge in [-0.2, -0.15) is 0 Å². The zero-order valence-corrected chi connectivity index (χ0v) is 22.4. The van der Waals surface area contributed by atoms with Crippen LogP contribution in [0.4, 0.5) is 0 Å². The number of unbranched alkanes of at least 4 members (excludes halogenated alkanes) is 6. The van der Waals surface area contributed by atoms with Crippen LogP contribution in [-0.4, -0.2) is 4.98 Å². The molecule has 3 aromatic carbocycles. The molecule has 0 unspecified atom stereocenters. The largest absolute Gasteiger partial charge is 0.248 e. The van der Waals surface area contributed by atoms with Crippen LogP contribution in [0, 0.1) is 6.92 Å². The number of hydrogen-bond acceptors (Lipinski definition) is 1. The zero-order valence-electron chi connectivity index (χ0n) is 22.4. The highest BCUT2D eigenvalue weighted by molar-refractivity contribution is 5.85. The third kappa shape index (κ3) is 4.73. The number of hydrogen-bond donors (Lipinski definition) is 0. The van der Waals surface area contributed by atoms with E-state index in [2.05, 4.69) is 93.6 Å². The molecule has 0 saturated heterocycles. The summed E-state index contributed by atoms with van der Waals surface area (Å²) < 4.78 is 0. The molecule has 0 saturated carbocycles. The molecule has 1 aromatic heterocycles. The molecule has 0 atom stereocenters. The van der Waals surface area contributed by atoms with Gasteiger partial charge in [0.25, 0.3) is 0 Å². The Hall–Kier alpha value is -2.93. The normalized spacial score (nSPS) is 13.6. The van der Waals surface area contributed by atoms with Crippen LogP contribution in [0.5, 0.6) is 0 Å². The van der Waals surface area contributed by atoms with Crippen LogP contribution in [0.15, 0.2) is 72.8 Å². The molecule has 0 amide bonds. The Kier molecular flexibility index (Phi) is 7.56. The average molecular weight is 476 g/mol. The molecular weight excluding hydrogens is 434 g/mol. The summed E-state index contributed by atoms with van der Waals surface area (Å²) in [5.41, 5.74) is 10.9. The summed E-state index contributed by atoms with van der Waals surface area (Å²) >= 11 is 0. The molecule has 0 bridgehead atoms. The molecule has 186 valence electrons. The molecule has 0 radical (unpaired) electrons. The minimum atomic E-state index is 0.116. The van der Waals surface area contributed by atoms with E-state index >= 15 is 0 Å². The van der Waals surface area contributed by atoms with E-state index in [4.69, 9.17) is 4.98 Å². The topological polar surface area (TPSA) is 12.9 Å². The molecule has 36 heavy (non-hydrogen) atoms. The maximum atomic E-state index is 5.05. The van der Waals surface area contributed by atoms with E-state index in [-0.39, 0.29) is 5.41 Å². The van der Waals surface area contributed by atoms with Crippen LogP contribution in [0.1, 0.15) is 94.7 Å². The van der Waals surface area contributed by atoms with Gasteiger partial charge < -0.3 is 0 Å². The molecular formula is C35H41N. The number of benzene rings is 3. The number of pyridine rings is 1. The summed E-state index contributed by atoms with van der Waals surface area (Å²) in [6.45, 7) is 6.88. The number of fused-ring (bicyclic) bond motifs is 4. The van der Waals surface area contributed by atoms with Crippen LogP contribution in [0.3, 0.4) is 0 Å². The molecule has 1 heterocycles. The van der Waals surface area contributed by atoms with Gasteiger partial charge in [0.15, 0.2) is 0 Å². The van der Waals surface area contributed by atoms with Gasteiger partial charge in [0.2, 0.25) is 0 Å². The summed E-state index contributed by atoms with van der Waals surface area (Å²) in [4.78, 5) is 5.05. The van der Waals surface area contributed by atoms with Gasteiger partial charge in [-0.25, -0.2) is 4.98 Å². The predicted molar refractivity (Wildman–Crippen MR) is 156 cm³/mol. The fourth-order valence-electron chi connectivity index (χ4n) is 6.37. The fraction of sp³-hybridized carbons (Fsp3) is 0.400. The number of nitrogens with zero attached hydrogens (tertiary/aromatic N) is 1. The second kappa shape index (κ2) is 11.0. The molecule has 0 spiro atoms. The summed E-state index contributed by atoms with van der Waals surface area (Å²) in [5, 5.41) is 1.20. The van der Waals surface area contributed by atoms with Gasteiger partial charge in [-0.1, -0.05) is 125 Å². The summed E-state index contributed by atoms with van der Waals surface area (Å²) in [7, 11) is 0. The van der Waals surface area contributed by atoms with Gasteiger partial charge in [-0.05, 0) is 60.2 Å². The highest BCUT2D eigenvalue weighted by Crippen LogP contribution is 2.55. The van der Waals surface area contributed by atoms with Gasteiger partial charge in [0.05, 0.1) is 11.2 Å². The smallest absolute Gasteiger partial charge is 0.0709 e. The van der Waals surface area contributed by atoms with Gasteiger partial charge in [-0.15, -0.1) is 0 Å². The van der Waals surface area contributed by atoms with Gasteiger partial charge >= 0.3 is 0 Å². The highest BCUT2D eigenvalue weighted by atomic mass is 14.7. The maximum absolute atomic E-state index is 5.05. The van der Waals surface area contributed by atoms with Crippen LogP contribution >= 0.6 is 0 Å². The van der Waals surface area contributed by atoms with Crippen molar-refractivity contribution in [3.05, 3.63) is 89.5 Å². The van der Waals surface area contributed by atoms with Crippen LogP contribution in [0.2, 0.25) is 0 Å². The Labute approximate surface area is 218 Å². The van der Waals surface area contributed by atoms with Crippen LogP contribution < -0.4 is 0 Å². The SMILES string of the molecule is CCCCCCC1(CCCCCC)c2cc(C)ccc2-c2ccc(-c3ccc4ccccc4n3)cc21. The Morgan fingerprint density at radius 1 is 0.639 bits per heavy atom. The maximum Gasteiger partial charge on any atom is 0.0709 e. The van der Waals surface area contributed by atoms with E-state index in [1.807, 2.05) is 0 Å². The number of para-hydroxylation sites is 1. The third-order valence-electron chi connectivity index (χ3n) is 8.32. The number of rotatable bonds is 11. The first kappa shape index (κ1) is 24.8. The summed E-state index contributed by atoms with van der Waals surface area (Å²) in [6.07, 6.45) is 13.0. The lowest BCUT2D eigenvalue weighted by Crippen LogP contribution is -2.25. The predicted octanol–water partition coefficient (Wildman–Crippen LogP) is 10.4. The number of aromatic nitrogens is 1. The van der Waals surface area contributed by atoms with Crippen molar-refractivity contribution in [2.24, 2.45) is 0 Å². The molecule has 5 rings (SSSR count). The van der Waals surface area contributed by atoms with E-state index in [0.717, 1.165) is 11.2 Å². The van der Waals surface area contributed by atoms with Gasteiger partial charge in [-0.3, -0.25) is 0 Å². The van der Waals surface area contributed by atoms with Gasteiger partial charge in [0, 0.05) is 16.4 Å². The summed E-state index contributed by atoms with van der Waals surface area (Å²) in [5.74, 6) is 0.